The van der Waals surface area contributed by atoms with E-state index in [1.165, 1.54) is 17.7 Å². The van der Waals surface area contributed by atoms with Crippen LogP contribution in [0.5, 0.6) is 5.75 Å². The topological polar surface area (TPSA) is 60.3 Å². The summed E-state index contributed by atoms with van der Waals surface area (Å²) in [5, 5.41) is 2.97. The van der Waals surface area contributed by atoms with Crippen molar-refractivity contribution >= 4 is 5.91 Å². The maximum absolute atomic E-state index is 12.4. The third kappa shape index (κ3) is 3.50. The van der Waals surface area contributed by atoms with Crippen molar-refractivity contribution in [3.05, 3.63) is 63.6 Å². The van der Waals surface area contributed by atoms with E-state index in [1.807, 2.05) is 25.1 Å². The molecule has 0 fully saturated rings. The Labute approximate surface area is 141 Å². The van der Waals surface area contributed by atoms with Crippen LogP contribution in [0.25, 0.3) is 0 Å². The number of benzene rings is 1. The number of aromatic nitrogens is 1. The molecule has 0 aliphatic carbocycles. The van der Waals surface area contributed by atoms with E-state index >= 15 is 0 Å². The van der Waals surface area contributed by atoms with Crippen LogP contribution < -0.4 is 15.5 Å². The van der Waals surface area contributed by atoms with Crippen LogP contribution in [0.2, 0.25) is 0 Å². The van der Waals surface area contributed by atoms with Gasteiger partial charge in [-0.2, -0.15) is 0 Å². The molecule has 1 atom stereocenters. The molecule has 1 N–H and O–H groups in total. The number of pyridine rings is 1. The van der Waals surface area contributed by atoms with Gasteiger partial charge in [-0.15, -0.1) is 0 Å². The SMILES string of the molecule is Cc1cc(=O)cc(C(=O)NC[C@H]2CCOc3ccccc3C2)n1C. The number of para-hydroxylation sites is 1. The minimum absolute atomic E-state index is 0.146. The highest BCUT2D eigenvalue weighted by Crippen LogP contribution is 2.26. The number of rotatable bonds is 3. The molecule has 24 heavy (non-hydrogen) atoms. The largest absolute Gasteiger partial charge is 0.493 e. The zero-order chi connectivity index (χ0) is 17.1. The molecule has 0 saturated heterocycles. The number of nitrogens with zero attached hydrogens (tertiary/aromatic N) is 1. The van der Waals surface area contributed by atoms with E-state index in [0.29, 0.717) is 24.8 Å². The molecule has 0 unspecified atom stereocenters. The van der Waals surface area contributed by atoms with Gasteiger partial charge < -0.3 is 14.6 Å². The lowest BCUT2D eigenvalue weighted by Crippen LogP contribution is -2.33. The normalized spacial score (nSPS) is 16.7. The predicted octanol–water partition coefficient (Wildman–Crippen LogP) is 2.06. The van der Waals surface area contributed by atoms with E-state index in [-0.39, 0.29) is 11.3 Å². The first-order valence-corrected chi connectivity index (χ1v) is 8.21. The maximum Gasteiger partial charge on any atom is 0.268 e. The summed E-state index contributed by atoms with van der Waals surface area (Å²) in [5.74, 6) is 1.04. The maximum atomic E-state index is 12.4. The van der Waals surface area contributed by atoms with E-state index in [4.69, 9.17) is 4.74 Å². The molecule has 2 heterocycles. The van der Waals surface area contributed by atoms with E-state index in [0.717, 1.165) is 24.3 Å². The summed E-state index contributed by atoms with van der Waals surface area (Å²) >= 11 is 0. The van der Waals surface area contributed by atoms with Crippen LogP contribution >= 0.6 is 0 Å². The number of ether oxygens (including phenoxy) is 1. The highest BCUT2D eigenvalue weighted by molar-refractivity contribution is 5.92. The van der Waals surface area contributed by atoms with Gasteiger partial charge in [0.25, 0.3) is 5.91 Å². The summed E-state index contributed by atoms with van der Waals surface area (Å²) < 4.78 is 7.50. The molecule has 5 nitrogen and oxygen atoms in total. The first-order chi connectivity index (χ1) is 11.5. The van der Waals surface area contributed by atoms with Crippen LogP contribution in [-0.4, -0.2) is 23.6 Å². The van der Waals surface area contributed by atoms with Crippen LogP contribution in [0, 0.1) is 12.8 Å². The van der Waals surface area contributed by atoms with Gasteiger partial charge in [0.05, 0.1) is 6.61 Å². The second-order valence-electron chi connectivity index (χ2n) is 6.30. The molecule has 1 aliphatic rings. The van der Waals surface area contributed by atoms with E-state index in [1.54, 1.807) is 11.6 Å². The van der Waals surface area contributed by atoms with E-state index in [9.17, 15) is 9.59 Å². The first kappa shape index (κ1) is 16.3. The fraction of sp³-hybridized carbons (Fsp3) is 0.368. The number of carbonyl (C=O) groups excluding carboxylic acids is 1. The van der Waals surface area contributed by atoms with E-state index < -0.39 is 0 Å². The van der Waals surface area contributed by atoms with Gasteiger partial charge >= 0.3 is 0 Å². The van der Waals surface area contributed by atoms with Crippen molar-refractivity contribution in [2.75, 3.05) is 13.2 Å². The third-order valence-corrected chi connectivity index (χ3v) is 4.57. The smallest absolute Gasteiger partial charge is 0.268 e. The summed E-state index contributed by atoms with van der Waals surface area (Å²) in [6.45, 7) is 3.04. The molecule has 0 radical (unpaired) electrons. The fourth-order valence-electron chi connectivity index (χ4n) is 3.05. The van der Waals surface area contributed by atoms with Gasteiger partial charge in [-0.1, -0.05) is 18.2 Å². The molecule has 5 heteroatoms. The number of nitrogens with one attached hydrogen (secondary N) is 1. The Hall–Kier alpha value is -2.56. The van der Waals surface area contributed by atoms with Crippen molar-refractivity contribution in [2.24, 2.45) is 13.0 Å². The molecule has 126 valence electrons. The molecule has 3 rings (SSSR count). The van der Waals surface area contributed by atoms with Crippen molar-refractivity contribution in [1.29, 1.82) is 0 Å². The lowest BCUT2D eigenvalue weighted by molar-refractivity contribution is 0.0936. The highest BCUT2D eigenvalue weighted by atomic mass is 16.5. The van der Waals surface area contributed by atoms with Crippen LogP contribution in [0.15, 0.2) is 41.2 Å². The Morgan fingerprint density at radius 1 is 1.33 bits per heavy atom. The Morgan fingerprint density at radius 2 is 2.12 bits per heavy atom. The summed E-state index contributed by atoms with van der Waals surface area (Å²) in [6, 6.07) is 10.9. The van der Waals surface area contributed by atoms with Gasteiger partial charge in [0.1, 0.15) is 11.4 Å². The molecule has 1 aromatic heterocycles. The molecule has 1 aromatic carbocycles. The van der Waals surface area contributed by atoms with E-state index in [2.05, 4.69) is 11.4 Å². The number of fused-ring (bicyclic) bond motifs is 1. The Morgan fingerprint density at radius 3 is 2.96 bits per heavy atom. The van der Waals surface area contributed by atoms with Crippen LogP contribution in [0.1, 0.15) is 28.2 Å². The van der Waals surface area contributed by atoms with Crippen molar-refractivity contribution < 1.29 is 9.53 Å². The van der Waals surface area contributed by atoms with Gasteiger partial charge in [0.2, 0.25) is 0 Å². The average Bonchev–Trinajstić information content (AvgIpc) is 2.77. The zero-order valence-corrected chi connectivity index (χ0v) is 14.0. The zero-order valence-electron chi connectivity index (χ0n) is 14.0. The molecule has 0 saturated carbocycles. The fourth-order valence-corrected chi connectivity index (χ4v) is 3.05. The lowest BCUT2D eigenvalue weighted by atomic mass is 9.97. The Bertz CT molecular complexity index is 810. The molecule has 0 spiro atoms. The number of hydrogen-bond donors (Lipinski definition) is 1. The van der Waals surface area contributed by atoms with Crippen molar-refractivity contribution in [1.82, 2.24) is 9.88 Å². The molecule has 1 aliphatic heterocycles. The summed E-state index contributed by atoms with van der Waals surface area (Å²) in [5.41, 5.74) is 2.19. The number of hydrogen-bond acceptors (Lipinski definition) is 3. The van der Waals surface area contributed by atoms with Crippen LogP contribution in [-0.2, 0) is 13.5 Å². The molecule has 0 bridgehead atoms. The molecule has 1 amide bonds. The standard InChI is InChI=1S/C19H22N2O3/c1-13-9-16(22)11-17(21(13)2)19(23)20-12-14-7-8-24-18-6-4-3-5-15(18)10-14/h3-6,9,11,14H,7-8,10,12H2,1-2H3,(H,20,23)/t14-/m0/s1. The summed E-state index contributed by atoms with van der Waals surface area (Å²) in [6.07, 6.45) is 1.77. The lowest BCUT2D eigenvalue weighted by Gasteiger charge is -2.16. The van der Waals surface area contributed by atoms with Gasteiger partial charge in [-0.3, -0.25) is 9.59 Å². The minimum atomic E-state index is -0.211. The third-order valence-electron chi connectivity index (χ3n) is 4.57. The van der Waals surface area contributed by atoms with Gasteiger partial charge in [0, 0.05) is 31.4 Å². The quantitative estimate of drug-likeness (QED) is 0.939. The average molecular weight is 326 g/mol. The second-order valence-corrected chi connectivity index (χ2v) is 6.30. The number of aryl methyl sites for hydroxylation is 1. The molecular formula is C19H22N2O3. The van der Waals surface area contributed by atoms with Gasteiger partial charge in [-0.25, -0.2) is 0 Å². The van der Waals surface area contributed by atoms with Crippen LogP contribution in [0.3, 0.4) is 0 Å². The number of carbonyl (C=O) groups is 1. The number of amides is 1. The van der Waals surface area contributed by atoms with Gasteiger partial charge in [0.15, 0.2) is 5.43 Å². The highest BCUT2D eigenvalue weighted by Gasteiger charge is 2.19. The summed E-state index contributed by atoms with van der Waals surface area (Å²) in [4.78, 5) is 24.1. The molecular weight excluding hydrogens is 304 g/mol. The van der Waals surface area contributed by atoms with Gasteiger partial charge in [-0.05, 0) is 37.3 Å². The van der Waals surface area contributed by atoms with Crippen molar-refractivity contribution in [3.8, 4) is 5.75 Å². The minimum Gasteiger partial charge on any atom is -0.493 e. The Kier molecular flexibility index (Phi) is 4.69. The Balaban J connectivity index is 1.68. The summed E-state index contributed by atoms with van der Waals surface area (Å²) in [7, 11) is 1.79. The second kappa shape index (κ2) is 6.91. The van der Waals surface area contributed by atoms with Crippen molar-refractivity contribution in [3.63, 3.8) is 0 Å². The van der Waals surface area contributed by atoms with Crippen molar-refractivity contribution in [2.45, 2.75) is 19.8 Å². The first-order valence-electron chi connectivity index (χ1n) is 8.21. The predicted molar refractivity (Wildman–Crippen MR) is 92.5 cm³/mol. The molecule has 2 aromatic rings. The monoisotopic (exact) mass is 326 g/mol. The van der Waals surface area contributed by atoms with Crippen LogP contribution in [0.4, 0.5) is 0 Å².